The molecule has 0 radical (unpaired) electrons. The molecule has 0 heterocycles. The third kappa shape index (κ3) is 6.59. The highest BCUT2D eigenvalue weighted by Gasteiger charge is 2.36. The van der Waals surface area contributed by atoms with Crippen molar-refractivity contribution in [1.29, 1.82) is 0 Å². The first-order valence-corrected chi connectivity index (χ1v) is 10.5. The van der Waals surface area contributed by atoms with E-state index in [0.717, 1.165) is 0 Å². The molecule has 2 N–H and O–H groups in total. The van der Waals surface area contributed by atoms with Crippen LogP contribution in [0.25, 0.3) is 0 Å². The number of hydrogen-bond donors (Lipinski definition) is 1. The number of rotatable bonds is 14. The van der Waals surface area contributed by atoms with Crippen LogP contribution in [0, 0.1) is 0 Å². The molecule has 1 rings (SSSR count). The van der Waals surface area contributed by atoms with Crippen LogP contribution in [0.2, 0.25) is 0 Å². The minimum Gasteiger partial charge on any atom is -0.327 e. The van der Waals surface area contributed by atoms with E-state index >= 15 is 0 Å². The van der Waals surface area contributed by atoms with Crippen LogP contribution in [0.4, 0.5) is 0 Å². The van der Waals surface area contributed by atoms with Gasteiger partial charge in [0.2, 0.25) is 0 Å². The van der Waals surface area contributed by atoms with Gasteiger partial charge in [0.1, 0.15) is 0 Å². The predicted molar refractivity (Wildman–Crippen MR) is 109 cm³/mol. The average molecular weight is 332 g/mol. The summed E-state index contributed by atoms with van der Waals surface area (Å²) < 4.78 is 0. The van der Waals surface area contributed by atoms with Gasteiger partial charge >= 0.3 is 0 Å². The molecule has 1 atom stereocenters. The lowest BCUT2D eigenvalue weighted by atomic mass is 9.67. The Morgan fingerprint density at radius 1 is 0.750 bits per heavy atom. The van der Waals surface area contributed by atoms with E-state index in [4.69, 9.17) is 5.73 Å². The smallest absolute Gasteiger partial charge is 0.0136 e. The summed E-state index contributed by atoms with van der Waals surface area (Å²) >= 11 is 0. The normalized spacial score (nSPS) is 13.2. The molecular formula is C23H41N. The molecule has 1 heteroatoms. The van der Waals surface area contributed by atoms with E-state index in [1.807, 2.05) is 0 Å². The zero-order valence-electron chi connectivity index (χ0n) is 16.5. The third-order valence-corrected chi connectivity index (χ3v) is 5.57. The predicted octanol–water partition coefficient (Wildman–Crippen LogP) is 6.99. The van der Waals surface area contributed by atoms with Crippen molar-refractivity contribution >= 4 is 0 Å². The lowest BCUT2D eigenvalue weighted by molar-refractivity contribution is 0.272. The van der Waals surface area contributed by atoms with Crippen LogP contribution in [0.5, 0.6) is 0 Å². The second-order valence-electron chi connectivity index (χ2n) is 7.54. The average Bonchev–Trinajstić information content (AvgIpc) is 2.61. The molecule has 1 aromatic rings. The van der Waals surface area contributed by atoms with Crippen molar-refractivity contribution in [3.63, 3.8) is 0 Å². The van der Waals surface area contributed by atoms with Crippen molar-refractivity contribution in [2.75, 3.05) is 0 Å². The van der Waals surface area contributed by atoms with E-state index in [1.165, 1.54) is 82.6 Å². The Morgan fingerprint density at radius 2 is 1.29 bits per heavy atom. The Labute approximate surface area is 151 Å². The Morgan fingerprint density at radius 3 is 1.83 bits per heavy atom. The Kier molecular flexibility index (Phi) is 11.1. The monoisotopic (exact) mass is 331 g/mol. The summed E-state index contributed by atoms with van der Waals surface area (Å²) in [5.41, 5.74) is 8.46. The molecule has 0 amide bonds. The molecule has 0 bridgehead atoms. The minimum atomic E-state index is 0.174. The van der Waals surface area contributed by atoms with Crippen molar-refractivity contribution in [1.82, 2.24) is 0 Å². The van der Waals surface area contributed by atoms with Gasteiger partial charge in [-0.25, -0.2) is 0 Å². The van der Waals surface area contributed by atoms with Gasteiger partial charge in [-0.3, -0.25) is 0 Å². The maximum Gasteiger partial charge on any atom is 0.0136 e. The molecule has 1 unspecified atom stereocenters. The molecule has 0 fully saturated rings. The van der Waals surface area contributed by atoms with E-state index < -0.39 is 0 Å². The molecule has 0 aliphatic carbocycles. The van der Waals surface area contributed by atoms with Crippen molar-refractivity contribution in [3.05, 3.63) is 35.9 Å². The molecule has 0 spiro atoms. The summed E-state index contributed by atoms with van der Waals surface area (Å²) in [6, 6.07) is 11.4. The molecule has 0 aromatic heterocycles. The van der Waals surface area contributed by atoms with Gasteiger partial charge in [-0.2, -0.15) is 0 Å². The van der Waals surface area contributed by atoms with Crippen LogP contribution >= 0.6 is 0 Å². The molecule has 0 aliphatic rings. The van der Waals surface area contributed by atoms with E-state index in [-0.39, 0.29) is 11.5 Å². The first-order chi connectivity index (χ1) is 11.7. The quantitative estimate of drug-likeness (QED) is 0.365. The molecule has 138 valence electrons. The number of unbranched alkanes of at least 4 members (excludes halogenated alkanes) is 6. The molecule has 1 aromatic carbocycles. The maximum atomic E-state index is 6.82. The zero-order valence-corrected chi connectivity index (χ0v) is 16.5. The molecule has 24 heavy (non-hydrogen) atoms. The Bertz CT molecular complexity index is 392. The van der Waals surface area contributed by atoms with Crippen molar-refractivity contribution < 1.29 is 0 Å². The summed E-state index contributed by atoms with van der Waals surface area (Å²) in [5, 5.41) is 0. The molecule has 0 saturated heterocycles. The fourth-order valence-electron chi connectivity index (χ4n) is 4.26. The number of benzene rings is 1. The summed E-state index contributed by atoms with van der Waals surface area (Å²) in [4.78, 5) is 0. The molecule has 1 nitrogen and oxygen atoms in total. The van der Waals surface area contributed by atoms with Gasteiger partial charge in [0, 0.05) is 11.5 Å². The van der Waals surface area contributed by atoms with E-state index in [9.17, 15) is 0 Å². The van der Waals surface area contributed by atoms with Gasteiger partial charge in [-0.1, -0.05) is 109 Å². The van der Waals surface area contributed by atoms with Crippen LogP contribution in [0.1, 0.15) is 103 Å². The van der Waals surface area contributed by atoms with Crippen molar-refractivity contribution in [2.45, 2.75) is 109 Å². The van der Waals surface area contributed by atoms with Gasteiger partial charge < -0.3 is 5.73 Å². The largest absolute Gasteiger partial charge is 0.327 e. The summed E-state index contributed by atoms with van der Waals surface area (Å²) in [6.07, 6.45) is 15.6. The first kappa shape index (κ1) is 21.2. The molecule has 0 saturated carbocycles. The fraction of sp³-hybridized carbons (Fsp3) is 0.739. The van der Waals surface area contributed by atoms with Crippen LogP contribution in [0.15, 0.2) is 30.3 Å². The van der Waals surface area contributed by atoms with E-state index in [0.29, 0.717) is 0 Å². The third-order valence-electron chi connectivity index (χ3n) is 5.57. The highest BCUT2D eigenvalue weighted by atomic mass is 14.7. The van der Waals surface area contributed by atoms with Gasteiger partial charge in [-0.15, -0.1) is 0 Å². The maximum absolute atomic E-state index is 6.82. The zero-order chi connectivity index (χ0) is 17.7. The Hall–Kier alpha value is -0.820. The lowest BCUT2D eigenvalue weighted by Crippen LogP contribution is -2.45. The highest BCUT2D eigenvalue weighted by Crippen LogP contribution is 2.38. The van der Waals surface area contributed by atoms with Gasteiger partial charge in [-0.05, 0) is 24.8 Å². The van der Waals surface area contributed by atoms with Gasteiger partial charge in [0.25, 0.3) is 0 Å². The van der Waals surface area contributed by atoms with E-state index in [1.54, 1.807) is 0 Å². The second kappa shape index (κ2) is 12.5. The van der Waals surface area contributed by atoms with Crippen LogP contribution < -0.4 is 5.73 Å². The minimum absolute atomic E-state index is 0.174. The van der Waals surface area contributed by atoms with Gasteiger partial charge in [0.05, 0.1) is 0 Å². The first-order valence-electron chi connectivity index (χ1n) is 10.5. The van der Waals surface area contributed by atoms with Crippen LogP contribution in [0.3, 0.4) is 0 Å². The van der Waals surface area contributed by atoms with Crippen molar-refractivity contribution in [2.24, 2.45) is 5.73 Å². The van der Waals surface area contributed by atoms with Crippen LogP contribution in [-0.4, -0.2) is 6.04 Å². The summed E-state index contributed by atoms with van der Waals surface area (Å²) in [5.74, 6) is 0. The van der Waals surface area contributed by atoms with E-state index in [2.05, 4.69) is 51.1 Å². The summed E-state index contributed by atoms with van der Waals surface area (Å²) in [6.45, 7) is 6.88. The Balaban J connectivity index is 2.62. The summed E-state index contributed by atoms with van der Waals surface area (Å²) in [7, 11) is 0. The lowest BCUT2D eigenvalue weighted by Gasteiger charge is -2.40. The highest BCUT2D eigenvalue weighted by molar-refractivity contribution is 5.27. The van der Waals surface area contributed by atoms with Gasteiger partial charge in [0.15, 0.2) is 0 Å². The van der Waals surface area contributed by atoms with Crippen LogP contribution in [-0.2, 0) is 5.41 Å². The second-order valence-corrected chi connectivity index (χ2v) is 7.54. The molecular weight excluding hydrogens is 290 g/mol. The van der Waals surface area contributed by atoms with Crippen molar-refractivity contribution in [3.8, 4) is 0 Å². The number of hydrogen-bond acceptors (Lipinski definition) is 1. The standard InChI is InChI=1S/C23H41N/c1-4-7-8-9-10-11-15-18-22(24)23(19-5-2,20-6-3)21-16-13-12-14-17-21/h12-14,16-17,22H,4-11,15,18-20,24H2,1-3H3. The fourth-order valence-corrected chi connectivity index (χ4v) is 4.26. The number of nitrogens with two attached hydrogens (primary N) is 1. The SMILES string of the molecule is CCCCCCCCCC(N)C(CCC)(CCC)c1ccccc1. The molecule has 0 aliphatic heterocycles. The topological polar surface area (TPSA) is 26.0 Å².